The molecule has 0 aliphatic heterocycles. The number of ether oxygens (including phenoxy) is 1. The minimum Gasteiger partial charge on any atom is -0.387 e. The zero-order valence-corrected chi connectivity index (χ0v) is 19.7. The second-order valence-electron chi connectivity index (χ2n) is 8.37. The second kappa shape index (κ2) is 8.90. The summed E-state index contributed by atoms with van der Waals surface area (Å²) in [6.45, 7) is 8.45. The van der Waals surface area contributed by atoms with E-state index in [-0.39, 0.29) is 36.1 Å². The molecule has 31 heavy (non-hydrogen) atoms. The summed E-state index contributed by atoms with van der Waals surface area (Å²) in [5.74, 6) is -0.0390. The molecule has 0 radical (unpaired) electrons. The third-order valence-electron chi connectivity index (χ3n) is 5.00. The first-order valence-electron chi connectivity index (χ1n) is 9.97. The van der Waals surface area contributed by atoms with E-state index in [2.05, 4.69) is 15.0 Å². The van der Waals surface area contributed by atoms with Crippen molar-refractivity contribution in [2.75, 3.05) is 12.1 Å². The number of nitrogen functional groups attached to an aromatic ring is 1. The Morgan fingerprint density at radius 2 is 1.94 bits per heavy atom. The highest BCUT2D eigenvalue weighted by atomic mass is 35.5. The van der Waals surface area contributed by atoms with Crippen LogP contribution in [-0.2, 0) is 18.3 Å². The van der Waals surface area contributed by atoms with Gasteiger partial charge in [-0.05, 0) is 41.0 Å². The fraction of sp³-hybridized carbons (Fsp3) is 0.722. The van der Waals surface area contributed by atoms with E-state index in [0.29, 0.717) is 11.2 Å². The van der Waals surface area contributed by atoms with Crippen molar-refractivity contribution in [3.05, 3.63) is 11.5 Å². The van der Waals surface area contributed by atoms with Crippen molar-refractivity contribution in [3.8, 4) is 0 Å². The number of nitrogens with two attached hydrogens (primary N) is 1. The molecule has 2 heterocycles. The standard InChI is InChI=1S/C18H29ClN5O6P/c1-9(2)29-31(27,30-10(3)4)8-28-11-6-12(18(5,26)14(11)25)24-7-21-13-15(19)22-17(20)23-16(13)24/h7,9-12,14,25-26H,6,8H2,1-5H3,(H2,20,22,23)/t11-,12+,14+,18-/m0/s1. The van der Waals surface area contributed by atoms with Crippen LogP contribution in [0.2, 0.25) is 5.15 Å². The molecule has 11 nitrogen and oxygen atoms in total. The molecule has 1 aliphatic rings. The number of imidazole rings is 1. The van der Waals surface area contributed by atoms with Gasteiger partial charge in [-0.3, -0.25) is 4.57 Å². The van der Waals surface area contributed by atoms with E-state index in [0.717, 1.165) is 0 Å². The Hall–Kier alpha value is -1.33. The summed E-state index contributed by atoms with van der Waals surface area (Å²) in [5, 5.41) is 21.9. The molecule has 1 fully saturated rings. The molecule has 0 saturated heterocycles. The third-order valence-corrected chi connectivity index (χ3v) is 7.22. The quantitative estimate of drug-likeness (QED) is 0.381. The minimum atomic E-state index is -3.57. The van der Waals surface area contributed by atoms with Gasteiger partial charge in [0.15, 0.2) is 10.8 Å². The van der Waals surface area contributed by atoms with E-state index in [1.807, 2.05) is 0 Å². The van der Waals surface area contributed by atoms with Crippen molar-refractivity contribution < 1.29 is 28.6 Å². The van der Waals surface area contributed by atoms with Crippen LogP contribution in [0, 0.1) is 0 Å². The van der Waals surface area contributed by atoms with Crippen molar-refractivity contribution in [2.24, 2.45) is 0 Å². The summed E-state index contributed by atoms with van der Waals surface area (Å²) in [6, 6.07) is -0.667. The van der Waals surface area contributed by atoms with Crippen LogP contribution < -0.4 is 5.73 Å². The second-order valence-corrected chi connectivity index (χ2v) is 10.6. The Morgan fingerprint density at radius 1 is 1.32 bits per heavy atom. The lowest BCUT2D eigenvalue weighted by Crippen LogP contribution is -2.44. The highest BCUT2D eigenvalue weighted by Gasteiger charge is 2.53. The van der Waals surface area contributed by atoms with Gasteiger partial charge in [-0.25, -0.2) is 4.98 Å². The molecule has 0 spiro atoms. The number of nitrogens with zero attached hydrogens (tertiary/aromatic N) is 4. The largest absolute Gasteiger partial charge is 0.387 e. The van der Waals surface area contributed by atoms with Gasteiger partial charge in [0.25, 0.3) is 0 Å². The first-order valence-corrected chi connectivity index (χ1v) is 12.1. The van der Waals surface area contributed by atoms with Gasteiger partial charge in [-0.1, -0.05) is 11.6 Å². The smallest absolute Gasteiger partial charge is 0.356 e. The minimum absolute atomic E-state index is 0.0390. The summed E-state index contributed by atoms with van der Waals surface area (Å²) in [4.78, 5) is 12.2. The van der Waals surface area contributed by atoms with Crippen molar-refractivity contribution >= 4 is 36.3 Å². The maximum Gasteiger partial charge on any atom is 0.356 e. The molecule has 0 bridgehead atoms. The number of hydrogen-bond donors (Lipinski definition) is 3. The summed E-state index contributed by atoms with van der Waals surface area (Å²) >= 11 is 6.09. The molecule has 2 aromatic rings. The van der Waals surface area contributed by atoms with Gasteiger partial charge in [-0.2, -0.15) is 9.97 Å². The van der Waals surface area contributed by atoms with E-state index < -0.39 is 31.4 Å². The van der Waals surface area contributed by atoms with Gasteiger partial charge in [-0.15, -0.1) is 0 Å². The normalized spacial score (nSPS) is 27.1. The Kier molecular flexibility index (Phi) is 6.98. The SMILES string of the molecule is CC(C)OP(=O)(CO[C@H]1C[C@@H](n2cnc3c(Cl)nc(N)nc32)[C@](C)(O)[C@@H]1O)OC(C)C. The Balaban J connectivity index is 1.84. The highest BCUT2D eigenvalue weighted by molar-refractivity contribution is 7.53. The molecule has 1 saturated carbocycles. The van der Waals surface area contributed by atoms with Crippen LogP contribution >= 0.6 is 19.2 Å². The molecule has 0 unspecified atom stereocenters. The lowest BCUT2D eigenvalue weighted by atomic mass is 9.98. The summed E-state index contributed by atoms with van der Waals surface area (Å²) in [7, 11) is -3.57. The summed E-state index contributed by atoms with van der Waals surface area (Å²) in [5.41, 5.74) is 4.75. The number of aromatic nitrogens is 4. The predicted molar refractivity (Wildman–Crippen MR) is 115 cm³/mol. The van der Waals surface area contributed by atoms with Crippen LogP contribution in [-0.4, -0.2) is 66.1 Å². The Labute approximate surface area is 185 Å². The van der Waals surface area contributed by atoms with Gasteiger partial charge in [0.1, 0.15) is 23.6 Å². The zero-order chi connectivity index (χ0) is 23.1. The van der Waals surface area contributed by atoms with Gasteiger partial charge >= 0.3 is 7.60 Å². The van der Waals surface area contributed by atoms with Gasteiger partial charge in [0.05, 0.1) is 30.7 Å². The number of hydrogen-bond acceptors (Lipinski definition) is 10. The first kappa shape index (κ1) is 24.3. The maximum atomic E-state index is 13.0. The van der Waals surface area contributed by atoms with Crippen LogP contribution in [0.25, 0.3) is 11.2 Å². The molecular formula is C18H29ClN5O6P. The van der Waals surface area contributed by atoms with E-state index >= 15 is 0 Å². The van der Waals surface area contributed by atoms with E-state index in [1.54, 1.807) is 32.3 Å². The molecule has 1 aliphatic carbocycles. The third kappa shape index (κ3) is 5.03. The van der Waals surface area contributed by atoms with Gasteiger partial charge < -0.3 is 34.3 Å². The molecule has 0 aromatic carbocycles. The van der Waals surface area contributed by atoms with Crippen molar-refractivity contribution in [1.82, 2.24) is 19.5 Å². The van der Waals surface area contributed by atoms with E-state index in [1.165, 1.54) is 13.3 Å². The van der Waals surface area contributed by atoms with E-state index in [4.69, 9.17) is 31.1 Å². The van der Waals surface area contributed by atoms with E-state index in [9.17, 15) is 14.8 Å². The molecule has 4 atom stereocenters. The molecule has 0 amide bonds. The average molecular weight is 478 g/mol. The summed E-state index contributed by atoms with van der Waals surface area (Å²) in [6.07, 6.45) is -1.53. The fourth-order valence-corrected chi connectivity index (χ4v) is 5.81. The lowest BCUT2D eigenvalue weighted by Gasteiger charge is -2.30. The fourth-order valence-electron chi connectivity index (χ4n) is 3.76. The Morgan fingerprint density at radius 3 is 2.52 bits per heavy atom. The summed E-state index contributed by atoms with van der Waals surface area (Å²) < 4.78 is 31.4. The molecule has 13 heteroatoms. The monoisotopic (exact) mass is 477 g/mol. The number of rotatable bonds is 8. The van der Waals surface area contributed by atoms with Crippen LogP contribution in [0.15, 0.2) is 6.33 Å². The number of aliphatic hydroxyl groups excluding tert-OH is 1. The van der Waals surface area contributed by atoms with Crippen LogP contribution in [0.1, 0.15) is 47.1 Å². The van der Waals surface area contributed by atoms with Gasteiger partial charge in [0, 0.05) is 0 Å². The number of aliphatic hydroxyl groups is 2. The topological polar surface area (TPSA) is 155 Å². The molecule has 3 rings (SSSR count). The van der Waals surface area contributed by atoms with Crippen LogP contribution in [0.5, 0.6) is 0 Å². The predicted octanol–water partition coefficient (Wildman–Crippen LogP) is 2.50. The number of halogens is 1. The van der Waals surface area contributed by atoms with Crippen molar-refractivity contribution in [1.29, 1.82) is 0 Å². The number of fused-ring (bicyclic) bond motifs is 1. The molecular weight excluding hydrogens is 449 g/mol. The average Bonchev–Trinajstić information content (AvgIpc) is 3.12. The van der Waals surface area contributed by atoms with Gasteiger partial charge in [0.2, 0.25) is 5.95 Å². The Bertz CT molecular complexity index is 970. The highest BCUT2D eigenvalue weighted by Crippen LogP contribution is 2.52. The van der Waals surface area contributed by atoms with Crippen LogP contribution in [0.4, 0.5) is 5.95 Å². The first-order chi connectivity index (χ1) is 14.3. The molecule has 4 N–H and O–H groups in total. The van der Waals surface area contributed by atoms with Crippen LogP contribution in [0.3, 0.4) is 0 Å². The van der Waals surface area contributed by atoms with Crippen molar-refractivity contribution in [3.63, 3.8) is 0 Å². The van der Waals surface area contributed by atoms with Crippen molar-refractivity contribution in [2.45, 2.75) is 77.1 Å². The lowest BCUT2D eigenvalue weighted by molar-refractivity contribution is -0.100. The number of anilines is 1. The molecule has 174 valence electrons. The molecule has 2 aromatic heterocycles. The zero-order valence-electron chi connectivity index (χ0n) is 18.1. The maximum absolute atomic E-state index is 13.0.